The van der Waals surface area contributed by atoms with E-state index in [0.717, 1.165) is 17.5 Å². The fourth-order valence-electron chi connectivity index (χ4n) is 2.42. The van der Waals surface area contributed by atoms with Gasteiger partial charge in [0.1, 0.15) is 0 Å². The third kappa shape index (κ3) is 2.55. The Morgan fingerprint density at radius 3 is 2.78 bits per heavy atom. The summed E-state index contributed by atoms with van der Waals surface area (Å²) in [6.07, 6.45) is 8.25. The largest absolute Gasteiger partial charge is 0.337 e. The van der Waals surface area contributed by atoms with Crippen LogP contribution in [0.25, 0.3) is 0 Å². The number of aromatic nitrogens is 2. The maximum Gasteiger partial charge on any atom is 0.0946 e. The van der Waals surface area contributed by atoms with Gasteiger partial charge in [-0.15, -0.1) is 0 Å². The Hall–Kier alpha value is -0.990. The highest BCUT2D eigenvalue weighted by atomic mass is 35.5. The van der Waals surface area contributed by atoms with Gasteiger partial charge in [0.05, 0.1) is 6.33 Å². The average Bonchev–Trinajstić information content (AvgIpc) is 3.05. The Morgan fingerprint density at radius 1 is 1.33 bits per heavy atom. The Balaban J connectivity index is 1.89. The van der Waals surface area contributed by atoms with Crippen LogP contribution in [0.15, 0.2) is 36.9 Å². The van der Waals surface area contributed by atoms with E-state index in [1.54, 1.807) is 0 Å². The lowest BCUT2D eigenvalue weighted by atomic mass is 9.94. The molecule has 1 aromatic heterocycles. The fourth-order valence-corrected chi connectivity index (χ4v) is 2.97. The second-order valence-electron chi connectivity index (χ2n) is 4.87. The zero-order valence-corrected chi connectivity index (χ0v) is 11.4. The van der Waals surface area contributed by atoms with Crippen LogP contribution in [0.4, 0.5) is 0 Å². The first-order valence-corrected chi connectivity index (χ1v) is 6.90. The van der Waals surface area contributed by atoms with Gasteiger partial charge < -0.3 is 4.57 Å². The molecule has 0 saturated heterocycles. The molecule has 1 unspecified atom stereocenters. The van der Waals surface area contributed by atoms with Crippen molar-refractivity contribution < 1.29 is 0 Å². The summed E-state index contributed by atoms with van der Waals surface area (Å²) < 4.78 is 2.12. The van der Waals surface area contributed by atoms with Gasteiger partial charge in [-0.1, -0.05) is 29.3 Å². The minimum Gasteiger partial charge on any atom is -0.337 e. The van der Waals surface area contributed by atoms with Gasteiger partial charge in [-0.2, -0.15) is 0 Å². The van der Waals surface area contributed by atoms with Crippen LogP contribution in [-0.4, -0.2) is 9.55 Å². The van der Waals surface area contributed by atoms with Crippen molar-refractivity contribution in [2.75, 3.05) is 0 Å². The van der Waals surface area contributed by atoms with Crippen LogP contribution < -0.4 is 0 Å². The molecular weight excluding hydrogens is 267 g/mol. The summed E-state index contributed by atoms with van der Waals surface area (Å²) in [5.41, 5.74) is 1.21. The van der Waals surface area contributed by atoms with E-state index >= 15 is 0 Å². The molecule has 0 bridgehead atoms. The molecule has 0 amide bonds. The monoisotopic (exact) mass is 280 g/mol. The molecule has 1 heterocycles. The minimum atomic E-state index is 0.462. The van der Waals surface area contributed by atoms with E-state index in [1.165, 1.54) is 18.4 Å². The third-order valence-electron chi connectivity index (χ3n) is 3.52. The Morgan fingerprint density at radius 2 is 2.17 bits per heavy atom. The first-order chi connectivity index (χ1) is 8.74. The highest BCUT2D eigenvalue weighted by Gasteiger charge is 2.33. The van der Waals surface area contributed by atoms with Gasteiger partial charge in [0.25, 0.3) is 0 Å². The maximum absolute atomic E-state index is 6.33. The molecule has 4 heteroatoms. The number of benzene rings is 1. The predicted octanol–water partition coefficient (Wildman–Crippen LogP) is 4.38. The molecule has 2 nitrogen and oxygen atoms in total. The Labute approximate surface area is 117 Å². The molecule has 18 heavy (non-hydrogen) atoms. The zero-order chi connectivity index (χ0) is 12.5. The van der Waals surface area contributed by atoms with E-state index in [9.17, 15) is 0 Å². The van der Waals surface area contributed by atoms with Crippen molar-refractivity contribution in [3.05, 3.63) is 52.5 Å². The molecule has 1 aliphatic carbocycles. The van der Waals surface area contributed by atoms with Crippen molar-refractivity contribution in [3.8, 4) is 0 Å². The van der Waals surface area contributed by atoms with E-state index in [4.69, 9.17) is 23.2 Å². The summed E-state index contributed by atoms with van der Waals surface area (Å²) in [4.78, 5) is 4.09. The van der Waals surface area contributed by atoms with Crippen LogP contribution in [0, 0.1) is 5.92 Å². The van der Waals surface area contributed by atoms with Gasteiger partial charge in [-0.3, -0.25) is 0 Å². The van der Waals surface area contributed by atoms with Crippen molar-refractivity contribution in [3.63, 3.8) is 0 Å². The van der Waals surface area contributed by atoms with Crippen molar-refractivity contribution >= 4 is 23.2 Å². The van der Waals surface area contributed by atoms with Gasteiger partial charge in [-0.25, -0.2) is 4.98 Å². The van der Waals surface area contributed by atoms with Gasteiger partial charge in [0.15, 0.2) is 0 Å². The van der Waals surface area contributed by atoms with E-state index < -0.39 is 0 Å². The second-order valence-corrected chi connectivity index (χ2v) is 5.71. The Bertz CT molecular complexity index is 533. The number of halogens is 2. The molecule has 2 aromatic rings. The SMILES string of the molecule is Clc1ccc(C(Cn2ccnc2)C2CC2)c(Cl)c1. The van der Waals surface area contributed by atoms with Gasteiger partial charge in [-0.05, 0) is 36.5 Å². The highest BCUT2D eigenvalue weighted by molar-refractivity contribution is 6.35. The third-order valence-corrected chi connectivity index (χ3v) is 4.08. The molecule has 1 atom stereocenters. The summed E-state index contributed by atoms with van der Waals surface area (Å²) in [7, 11) is 0. The van der Waals surface area contributed by atoms with Gasteiger partial charge in [0.2, 0.25) is 0 Å². The summed E-state index contributed by atoms with van der Waals surface area (Å²) in [5.74, 6) is 1.20. The normalized spacial score (nSPS) is 16.8. The summed E-state index contributed by atoms with van der Waals surface area (Å²) in [6, 6.07) is 5.82. The first kappa shape index (κ1) is 12.1. The Kier molecular flexibility index (Phi) is 3.31. The van der Waals surface area contributed by atoms with E-state index in [-0.39, 0.29) is 0 Å². The topological polar surface area (TPSA) is 17.8 Å². The van der Waals surface area contributed by atoms with Crippen molar-refractivity contribution in [1.82, 2.24) is 9.55 Å². The van der Waals surface area contributed by atoms with Crippen LogP contribution in [0.2, 0.25) is 10.0 Å². The molecule has 0 radical (unpaired) electrons. The van der Waals surface area contributed by atoms with Crippen LogP contribution in [0.1, 0.15) is 24.3 Å². The fraction of sp³-hybridized carbons (Fsp3) is 0.357. The van der Waals surface area contributed by atoms with Crippen molar-refractivity contribution in [1.29, 1.82) is 0 Å². The molecule has 3 rings (SSSR count). The van der Waals surface area contributed by atoms with Crippen LogP contribution in [-0.2, 0) is 6.54 Å². The molecular formula is C14H14Cl2N2. The predicted molar refractivity (Wildman–Crippen MR) is 74.2 cm³/mol. The van der Waals surface area contributed by atoms with Crippen LogP contribution in [0.5, 0.6) is 0 Å². The molecule has 0 N–H and O–H groups in total. The highest BCUT2D eigenvalue weighted by Crippen LogP contribution is 2.45. The molecule has 1 fully saturated rings. The maximum atomic E-state index is 6.33. The molecule has 94 valence electrons. The van der Waals surface area contributed by atoms with Crippen LogP contribution >= 0.6 is 23.2 Å². The standard InChI is InChI=1S/C14H14Cl2N2/c15-11-3-4-12(14(16)7-11)13(10-1-2-10)8-18-6-5-17-9-18/h3-7,9-10,13H,1-2,8H2. The number of rotatable bonds is 4. The van der Waals surface area contributed by atoms with Crippen molar-refractivity contribution in [2.24, 2.45) is 5.92 Å². The van der Waals surface area contributed by atoms with Crippen LogP contribution in [0.3, 0.4) is 0 Å². The van der Waals surface area contributed by atoms with Gasteiger partial charge in [0, 0.05) is 34.9 Å². The van der Waals surface area contributed by atoms with E-state index in [1.807, 2.05) is 30.9 Å². The number of hydrogen-bond donors (Lipinski definition) is 0. The zero-order valence-electron chi connectivity index (χ0n) is 9.89. The minimum absolute atomic E-state index is 0.462. The van der Waals surface area contributed by atoms with E-state index in [0.29, 0.717) is 10.9 Å². The number of hydrogen-bond acceptors (Lipinski definition) is 1. The number of imidazole rings is 1. The molecule has 1 saturated carbocycles. The van der Waals surface area contributed by atoms with Gasteiger partial charge >= 0.3 is 0 Å². The van der Waals surface area contributed by atoms with Crippen molar-refractivity contribution in [2.45, 2.75) is 25.3 Å². The lowest BCUT2D eigenvalue weighted by molar-refractivity contribution is 0.507. The molecule has 0 spiro atoms. The smallest absolute Gasteiger partial charge is 0.0946 e. The summed E-state index contributed by atoms with van der Waals surface area (Å²) >= 11 is 12.3. The quantitative estimate of drug-likeness (QED) is 0.813. The molecule has 0 aliphatic heterocycles. The average molecular weight is 281 g/mol. The first-order valence-electron chi connectivity index (χ1n) is 6.15. The summed E-state index contributed by atoms with van der Waals surface area (Å²) in [6.45, 7) is 0.937. The lowest BCUT2D eigenvalue weighted by Crippen LogP contribution is -2.10. The number of nitrogens with zero attached hydrogens (tertiary/aromatic N) is 2. The molecule has 1 aromatic carbocycles. The van der Waals surface area contributed by atoms with E-state index in [2.05, 4.69) is 15.6 Å². The molecule has 1 aliphatic rings. The second kappa shape index (κ2) is 4.94. The lowest BCUT2D eigenvalue weighted by Gasteiger charge is -2.19. The summed E-state index contributed by atoms with van der Waals surface area (Å²) in [5, 5.41) is 1.47.